The van der Waals surface area contributed by atoms with Gasteiger partial charge in [0.1, 0.15) is 29.0 Å². The number of aliphatic carboxylic acids is 1. The molecule has 2 aromatic heterocycles. The molecular formula is C32H35F3N6O5. The predicted octanol–water partition coefficient (Wildman–Crippen LogP) is 5.16. The third kappa shape index (κ3) is 6.38. The summed E-state index contributed by atoms with van der Waals surface area (Å²) in [4.78, 5) is 41.2. The first-order chi connectivity index (χ1) is 22.1. The van der Waals surface area contributed by atoms with Crippen molar-refractivity contribution >= 4 is 29.3 Å². The number of pyridine rings is 1. The van der Waals surface area contributed by atoms with Crippen LogP contribution in [0.2, 0.25) is 0 Å². The van der Waals surface area contributed by atoms with Crippen molar-refractivity contribution in [2.75, 3.05) is 36.5 Å². The Kier molecular flexibility index (Phi) is 8.62. The van der Waals surface area contributed by atoms with Gasteiger partial charge in [0.05, 0.1) is 18.9 Å². The third-order valence-corrected chi connectivity index (χ3v) is 8.97. The highest BCUT2D eigenvalue weighted by molar-refractivity contribution is 5.98. The van der Waals surface area contributed by atoms with Gasteiger partial charge in [0.2, 0.25) is 5.95 Å². The van der Waals surface area contributed by atoms with E-state index in [4.69, 9.17) is 9.47 Å². The van der Waals surface area contributed by atoms with Gasteiger partial charge in [-0.1, -0.05) is 19.3 Å². The van der Waals surface area contributed by atoms with Gasteiger partial charge in [-0.3, -0.25) is 4.79 Å². The Hall–Kier alpha value is -4.62. The summed E-state index contributed by atoms with van der Waals surface area (Å²) in [6.45, 7) is 1.91. The summed E-state index contributed by atoms with van der Waals surface area (Å²) >= 11 is 0. The molecule has 1 amide bonds. The van der Waals surface area contributed by atoms with E-state index < -0.39 is 34.8 Å². The molecule has 2 fully saturated rings. The molecule has 4 heterocycles. The van der Waals surface area contributed by atoms with E-state index in [1.807, 2.05) is 18.2 Å². The largest absolute Gasteiger partial charge is 0.495 e. The lowest BCUT2D eigenvalue weighted by molar-refractivity contribution is -0.145. The number of carboxylic acid groups (broad SMARTS) is 1. The van der Waals surface area contributed by atoms with Crippen LogP contribution in [0.25, 0.3) is 0 Å². The molecule has 3 aliphatic rings. The topological polar surface area (TPSA) is 130 Å². The zero-order valence-electron chi connectivity index (χ0n) is 25.3. The number of aromatic nitrogens is 3. The Balaban J connectivity index is 1.14. The van der Waals surface area contributed by atoms with Gasteiger partial charge in [-0.05, 0) is 55.2 Å². The number of carbonyl (C=O) groups is 2. The molecule has 0 bridgehead atoms. The van der Waals surface area contributed by atoms with Crippen LogP contribution in [0.1, 0.15) is 66.6 Å². The molecule has 46 heavy (non-hydrogen) atoms. The van der Waals surface area contributed by atoms with Crippen molar-refractivity contribution in [3.05, 3.63) is 59.5 Å². The minimum absolute atomic E-state index is 0.00954. The Morgan fingerprint density at radius 1 is 1.00 bits per heavy atom. The number of methoxy groups -OCH3 is 1. The minimum Gasteiger partial charge on any atom is -0.495 e. The number of hydrogen-bond donors (Lipinski definition) is 2. The maximum absolute atomic E-state index is 14.2. The fourth-order valence-corrected chi connectivity index (χ4v) is 6.45. The van der Waals surface area contributed by atoms with Gasteiger partial charge in [-0.15, -0.1) is 0 Å². The number of nitrogens with one attached hydrogen (secondary N) is 1. The van der Waals surface area contributed by atoms with Crippen LogP contribution >= 0.6 is 0 Å². The summed E-state index contributed by atoms with van der Waals surface area (Å²) in [6.07, 6.45) is 1.91. The second kappa shape index (κ2) is 12.6. The van der Waals surface area contributed by atoms with E-state index in [0.717, 1.165) is 49.9 Å². The van der Waals surface area contributed by atoms with Crippen molar-refractivity contribution in [1.29, 1.82) is 0 Å². The highest BCUT2D eigenvalue weighted by atomic mass is 19.4. The van der Waals surface area contributed by atoms with E-state index in [-0.39, 0.29) is 24.9 Å². The quantitative estimate of drug-likeness (QED) is 0.341. The Morgan fingerprint density at radius 3 is 2.39 bits per heavy atom. The average Bonchev–Trinajstić information content (AvgIpc) is 3.48. The molecule has 244 valence electrons. The third-order valence-electron chi connectivity index (χ3n) is 8.97. The molecule has 1 aromatic carbocycles. The normalized spacial score (nSPS) is 18.2. The summed E-state index contributed by atoms with van der Waals surface area (Å²) in [7, 11) is 1.60. The molecule has 2 N–H and O–H groups in total. The van der Waals surface area contributed by atoms with Gasteiger partial charge in [0.15, 0.2) is 5.69 Å². The van der Waals surface area contributed by atoms with Crippen molar-refractivity contribution in [3.8, 4) is 11.5 Å². The van der Waals surface area contributed by atoms with Crippen LogP contribution in [0, 0.1) is 0 Å². The zero-order valence-corrected chi connectivity index (χ0v) is 25.3. The van der Waals surface area contributed by atoms with Gasteiger partial charge in [-0.2, -0.15) is 13.2 Å². The van der Waals surface area contributed by atoms with Crippen LogP contribution in [0.3, 0.4) is 0 Å². The zero-order chi connectivity index (χ0) is 32.5. The maximum atomic E-state index is 14.2. The molecule has 2 aliphatic heterocycles. The molecule has 14 heteroatoms. The number of fused-ring (bicyclic) bond motifs is 1. The molecule has 3 aromatic rings. The molecule has 0 atom stereocenters. The van der Waals surface area contributed by atoms with E-state index in [1.165, 1.54) is 0 Å². The fourth-order valence-electron chi connectivity index (χ4n) is 6.45. The number of carbonyl (C=O) groups excluding carboxylic acids is 1. The summed E-state index contributed by atoms with van der Waals surface area (Å²) in [5, 5.41) is 12.1. The lowest BCUT2D eigenvalue weighted by atomic mass is 9.81. The van der Waals surface area contributed by atoms with Crippen molar-refractivity contribution in [3.63, 3.8) is 0 Å². The second-order valence-electron chi connectivity index (χ2n) is 11.9. The SMILES string of the molecule is COc1ccc(N2CCC(Oc3ccc4c(c3)CCN4c3ncc(C(=O)NC4(C(=O)O)CCCCC4)c(C(F)(F)F)n3)CC2)nc1. The maximum Gasteiger partial charge on any atom is 0.434 e. The molecule has 6 rings (SSSR count). The van der Waals surface area contributed by atoms with Crippen molar-refractivity contribution < 1.29 is 37.3 Å². The van der Waals surface area contributed by atoms with Gasteiger partial charge < -0.3 is 29.7 Å². The Morgan fingerprint density at radius 2 is 1.74 bits per heavy atom. The summed E-state index contributed by atoms with van der Waals surface area (Å²) in [6, 6.07) is 9.28. The Labute approximate surface area is 263 Å². The molecule has 1 saturated carbocycles. The number of carboxylic acids is 1. The number of hydrogen-bond acceptors (Lipinski definition) is 9. The van der Waals surface area contributed by atoms with Crippen LogP contribution in [-0.2, 0) is 17.4 Å². The highest BCUT2D eigenvalue weighted by Gasteiger charge is 2.44. The first-order valence-corrected chi connectivity index (χ1v) is 15.4. The smallest absolute Gasteiger partial charge is 0.434 e. The predicted molar refractivity (Wildman–Crippen MR) is 162 cm³/mol. The van der Waals surface area contributed by atoms with Crippen LogP contribution in [0.5, 0.6) is 11.5 Å². The van der Waals surface area contributed by atoms with Crippen molar-refractivity contribution in [2.45, 2.75) is 69.2 Å². The molecule has 11 nitrogen and oxygen atoms in total. The number of halogens is 3. The average molecular weight is 641 g/mol. The number of ether oxygens (including phenoxy) is 2. The molecule has 0 unspecified atom stereocenters. The van der Waals surface area contributed by atoms with Gasteiger partial charge in [0, 0.05) is 44.4 Å². The van der Waals surface area contributed by atoms with E-state index in [1.54, 1.807) is 30.3 Å². The van der Waals surface area contributed by atoms with E-state index >= 15 is 0 Å². The van der Waals surface area contributed by atoms with Gasteiger partial charge >= 0.3 is 12.1 Å². The second-order valence-corrected chi connectivity index (χ2v) is 11.9. The molecular weight excluding hydrogens is 605 g/mol. The lowest BCUT2D eigenvalue weighted by Crippen LogP contribution is -2.55. The minimum atomic E-state index is -4.97. The number of rotatable bonds is 8. The van der Waals surface area contributed by atoms with Crippen LogP contribution in [-0.4, -0.2) is 70.3 Å². The van der Waals surface area contributed by atoms with E-state index in [0.29, 0.717) is 43.0 Å². The summed E-state index contributed by atoms with van der Waals surface area (Å²) in [5.41, 5.74) is -2.28. The summed E-state index contributed by atoms with van der Waals surface area (Å²) in [5.74, 6) is -0.344. The fraction of sp³-hybridized carbons (Fsp3) is 0.469. The van der Waals surface area contributed by atoms with E-state index in [9.17, 15) is 27.9 Å². The standard InChI is InChI=1S/C32H35F3N6O5/c1-45-23-6-8-26(36-18-23)40-14-10-21(11-15-40)46-22-5-7-25-20(17-22)9-16-41(25)30-37-19-24(27(38-30)32(33,34)35)28(42)39-31(29(43)44)12-3-2-4-13-31/h5-8,17-19,21H,2-4,9-16H2,1H3,(H,39,42)(H,43,44). The molecule has 1 saturated heterocycles. The number of amides is 1. The highest BCUT2D eigenvalue weighted by Crippen LogP contribution is 2.38. The van der Waals surface area contributed by atoms with E-state index in [2.05, 4.69) is 25.2 Å². The molecule has 0 spiro atoms. The lowest BCUT2D eigenvalue weighted by Gasteiger charge is -2.34. The van der Waals surface area contributed by atoms with Crippen LogP contribution < -0.4 is 24.6 Å². The van der Waals surface area contributed by atoms with Gasteiger partial charge in [-0.25, -0.2) is 19.7 Å². The molecule has 0 radical (unpaired) electrons. The first kappa shape index (κ1) is 31.4. The first-order valence-electron chi connectivity index (χ1n) is 15.4. The van der Waals surface area contributed by atoms with Crippen molar-refractivity contribution in [2.24, 2.45) is 0 Å². The summed E-state index contributed by atoms with van der Waals surface area (Å²) < 4.78 is 54.1. The number of benzene rings is 1. The number of anilines is 3. The van der Waals surface area contributed by atoms with Crippen LogP contribution in [0.4, 0.5) is 30.6 Å². The monoisotopic (exact) mass is 640 g/mol. The Bertz CT molecular complexity index is 1590. The van der Waals surface area contributed by atoms with Gasteiger partial charge in [0.25, 0.3) is 5.91 Å². The van der Waals surface area contributed by atoms with Crippen molar-refractivity contribution in [1.82, 2.24) is 20.3 Å². The van der Waals surface area contributed by atoms with Crippen LogP contribution in [0.15, 0.2) is 42.7 Å². The number of nitrogens with zero attached hydrogens (tertiary/aromatic N) is 5. The number of alkyl halides is 3. The number of piperidine rings is 1. The molecule has 1 aliphatic carbocycles.